The van der Waals surface area contributed by atoms with Crippen LogP contribution in [-0.2, 0) is 0 Å². The number of hydrogen-bond donors (Lipinski definition) is 1. The smallest absolute Gasteiger partial charge is 0.0108 e. The Bertz CT molecular complexity index is 93.3. The summed E-state index contributed by atoms with van der Waals surface area (Å²) in [6.07, 6.45) is 4.05. The number of nitrogens with two attached hydrogens (primary N) is 1. The highest BCUT2D eigenvalue weighted by Crippen LogP contribution is 2.18. The monoisotopic (exact) mass is 142 g/mol. The molecule has 2 nitrogen and oxygen atoms in total. The molecule has 0 amide bonds. The van der Waals surface area contributed by atoms with Crippen LogP contribution >= 0.6 is 0 Å². The second kappa shape index (κ2) is 3.94. The molecule has 2 N–H and O–H groups in total. The summed E-state index contributed by atoms with van der Waals surface area (Å²) in [5, 5.41) is 0. The van der Waals surface area contributed by atoms with Gasteiger partial charge in [-0.05, 0) is 25.8 Å². The Morgan fingerprint density at radius 3 is 3.00 bits per heavy atom. The third-order valence-electron chi connectivity index (χ3n) is 2.39. The molecule has 0 unspecified atom stereocenters. The lowest BCUT2D eigenvalue weighted by molar-refractivity contribution is 0.255. The van der Waals surface area contributed by atoms with Crippen LogP contribution in [0.15, 0.2) is 0 Å². The van der Waals surface area contributed by atoms with Crippen LogP contribution < -0.4 is 5.73 Å². The van der Waals surface area contributed by atoms with Crippen molar-refractivity contribution in [1.82, 2.24) is 4.90 Å². The van der Waals surface area contributed by atoms with Gasteiger partial charge in [-0.3, -0.25) is 4.90 Å². The largest absolute Gasteiger partial charge is 0.329 e. The number of nitrogens with zero attached hydrogens (tertiary/aromatic N) is 1. The highest BCUT2D eigenvalue weighted by molar-refractivity contribution is 4.77. The van der Waals surface area contributed by atoms with Gasteiger partial charge >= 0.3 is 0 Å². The fourth-order valence-corrected chi connectivity index (χ4v) is 1.82. The van der Waals surface area contributed by atoms with E-state index >= 15 is 0 Å². The SMILES string of the molecule is CC[C@H]1CCCN1CCN. The maximum absolute atomic E-state index is 5.48. The van der Waals surface area contributed by atoms with Gasteiger partial charge in [0.25, 0.3) is 0 Å². The van der Waals surface area contributed by atoms with Crippen molar-refractivity contribution in [2.24, 2.45) is 5.73 Å². The first-order valence-corrected chi connectivity index (χ1v) is 4.32. The van der Waals surface area contributed by atoms with Crippen LogP contribution in [-0.4, -0.2) is 30.6 Å². The number of hydrogen-bond acceptors (Lipinski definition) is 2. The van der Waals surface area contributed by atoms with Gasteiger partial charge in [-0.2, -0.15) is 0 Å². The van der Waals surface area contributed by atoms with E-state index in [-0.39, 0.29) is 0 Å². The minimum atomic E-state index is 0.816. The summed E-state index contributed by atoms with van der Waals surface area (Å²) < 4.78 is 0. The second-order valence-corrected chi connectivity index (χ2v) is 3.03. The van der Waals surface area contributed by atoms with Crippen LogP contribution in [0, 0.1) is 0 Å². The molecule has 2 heteroatoms. The lowest BCUT2D eigenvalue weighted by Crippen LogP contribution is -2.33. The fraction of sp³-hybridized carbons (Fsp3) is 1.00. The molecule has 1 fully saturated rings. The van der Waals surface area contributed by atoms with Crippen molar-refractivity contribution < 1.29 is 0 Å². The molecule has 1 saturated heterocycles. The van der Waals surface area contributed by atoms with Crippen LogP contribution in [0.5, 0.6) is 0 Å². The minimum Gasteiger partial charge on any atom is -0.329 e. The summed E-state index contributed by atoms with van der Waals surface area (Å²) in [6.45, 7) is 5.45. The van der Waals surface area contributed by atoms with Crippen LogP contribution in [0.3, 0.4) is 0 Å². The van der Waals surface area contributed by atoms with E-state index in [0.717, 1.165) is 19.1 Å². The van der Waals surface area contributed by atoms with Crippen LogP contribution in [0.2, 0.25) is 0 Å². The highest BCUT2D eigenvalue weighted by Gasteiger charge is 2.20. The zero-order valence-electron chi connectivity index (χ0n) is 6.84. The molecule has 0 aromatic carbocycles. The average molecular weight is 142 g/mol. The first kappa shape index (κ1) is 8.02. The first-order chi connectivity index (χ1) is 4.88. The summed E-state index contributed by atoms with van der Waals surface area (Å²) in [7, 11) is 0. The zero-order chi connectivity index (χ0) is 7.40. The van der Waals surface area contributed by atoms with Gasteiger partial charge in [0.2, 0.25) is 0 Å². The van der Waals surface area contributed by atoms with Gasteiger partial charge in [0.1, 0.15) is 0 Å². The molecule has 10 heavy (non-hydrogen) atoms. The first-order valence-electron chi connectivity index (χ1n) is 4.32. The molecule has 1 aliphatic heterocycles. The minimum absolute atomic E-state index is 0.816. The molecular formula is C8H18N2. The van der Waals surface area contributed by atoms with Crippen molar-refractivity contribution in [3.8, 4) is 0 Å². The third kappa shape index (κ3) is 1.70. The molecule has 0 saturated carbocycles. The second-order valence-electron chi connectivity index (χ2n) is 3.03. The zero-order valence-corrected chi connectivity index (χ0v) is 6.84. The summed E-state index contributed by atoms with van der Waals surface area (Å²) >= 11 is 0. The topological polar surface area (TPSA) is 29.3 Å². The fourth-order valence-electron chi connectivity index (χ4n) is 1.82. The maximum Gasteiger partial charge on any atom is 0.0108 e. The summed E-state index contributed by atoms with van der Waals surface area (Å²) in [5.41, 5.74) is 5.48. The van der Waals surface area contributed by atoms with Crippen molar-refractivity contribution in [1.29, 1.82) is 0 Å². The normalized spacial score (nSPS) is 27.6. The van der Waals surface area contributed by atoms with Crippen molar-refractivity contribution in [2.75, 3.05) is 19.6 Å². The standard InChI is InChI=1S/C8H18N2/c1-2-8-4-3-6-10(8)7-5-9/h8H,2-7,9H2,1H3/t8-/m0/s1. The molecule has 0 aromatic heterocycles. The Labute approximate surface area is 63.4 Å². The molecule has 0 bridgehead atoms. The molecule has 0 spiro atoms. The van der Waals surface area contributed by atoms with Gasteiger partial charge in [0.05, 0.1) is 0 Å². The van der Waals surface area contributed by atoms with E-state index in [0.29, 0.717) is 0 Å². The summed E-state index contributed by atoms with van der Waals surface area (Å²) in [4.78, 5) is 2.51. The van der Waals surface area contributed by atoms with Gasteiger partial charge in [-0.1, -0.05) is 6.92 Å². The van der Waals surface area contributed by atoms with Crippen molar-refractivity contribution in [2.45, 2.75) is 32.2 Å². The Morgan fingerprint density at radius 1 is 1.60 bits per heavy atom. The van der Waals surface area contributed by atoms with Crippen LogP contribution in [0.4, 0.5) is 0 Å². The molecular weight excluding hydrogens is 124 g/mol. The van der Waals surface area contributed by atoms with Crippen molar-refractivity contribution >= 4 is 0 Å². The molecule has 1 aliphatic rings. The van der Waals surface area contributed by atoms with Gasteiger partial charge in [-0.15, -0.1) is 0 Å². The maximum atomic E-state index is 5.48. The lowest BCUT2D eigenvalue weighted by Gasteiger charge is -2.21. The molecule has 1 heterocycles. The van der Waals surface area contributed by atoms with Crippen LogP contribution in [0.25, 0.3) is 0 Å². The van der Waals surface area contributed by atoms with E-state index in [9.17, 15) is 0 Å². The van der Waals surface area contributed by atoms with E-state index < -0.39 is 0 Å². The summed E-state index contributed by atoms with van der Waals surface area (Å²) in [5.74, 6) is 0. The van der Waals surface area contributed by atoms with E-state index in [1.165, 1.54) is 25.8 Å². The Kier molecular flexibility index (Phi) is 3.16. The van der Waals surface area contributed by atoms with E-state index in [1.54, 1.807) is 0 Å². The van der Waals surface area contributed by atoms with Crippen molar-refractivity contribution in [3.05, 3.63) is 0 Å². The van der Waals surface area contributed by atoms with Gasteiger partial charge < -0.3 is 5.73 Å². The van der Waals surface area contributed by atoms with E-state index in [2.05, 4.69) is 11.8 Å². The summed E-state index contributed by atoms with van der Waals surface area (Å²) in [6, 6.07) is 0.837. The molecule has 0 aliphatic carbocycles. The van der Waals surface area contributed by atoms with Crippen molar-refractivity contribution in [3.63, 3.8) is 0 Å². The van der Waals surface area contributed by atoms with Crippen LogP contribution in [0.1, 0.15) is 26.2 Å². The molecule has 1 atom stereocenters. The Balaban J connectivity index is 2.27. The van der Waals surface area contributed by atoms with Gasteiger partial charge in [0, 0.05) is 19.1 Å². The van der Waals surface area contributed by atoms with E-state index in [1.807, 2.05) is 0 Å². The molecule has 60 valence electrons. The molecule has 1 rings (SSSR count). The molecule has 0 aromatic rings. The highest BCUT2D eigenvalue weighted by atomic mass is 15.2. The number of rotatable bonds is 3. The quantitative estimate of drug-likeness (QED) is 0.632. The predicted molar refractivity (Wildman–Crippen MR) is 43.9 cm³/mol. The third-order valence-corrected chi connectivity index (χ3v) is 2.39. The van der Waals surface area contributed by atoms with Gasteiger partial charge in [0.15, 0.2) is 0 Å². The lowest BCUT2D eigenvalue weighted by atomic mass is 10.2. The Hall–Kier alpha value is -0.0800. The molecule has 0 radical (unpaired) electrons. The average Bonchev–Trinajstić information content (AvgIpc) is 2.36. The predicted octanol–water partition coefficient (Wildman–Crippen LogP) is 0.820. The Morgan fingerprint density at radius 2 is 2.40 bits per heavy atom. The number of likely N-dealkylation sites (tertiary alicyclic amines) is 1. The van der Waals surface area contributed by atoms with Gasteiger partial charge in [-0.25, -0.2) is 0 Å². The van der Waals surface area contributed by atoms with E-state index in [4.69, 9.17) is 5.73 Å².